The second-order valence-electron chi connectivity index (χ2n) is 5.76. The van der Waals surface area contributed by atoms with E-state index in [2.05, 4.69) is 6.07 Å². The van der Waals surface area contributed by atoms with Crippen molar-refractivity contribution in [3.8, 4) is 0 Å². The quantitative estimate of drug-likeness (QED) is 0.806. The van der Waals surface area contributed by atoms with Crippen LogP contribution in [0.4, 0.5) is 0 Å². The maximum atomic E-state index is 10.2. The number of hydrogen-bond donors (Lipinski definition) is 2. The Morgan fingerprint density at radius 3 is 1.88 bits per heavy atom. The van der Waals surface area contributed by atoms with Crippen LogP contribution in [-0.2, 0) is 0 Å². The minimum Gasteiger partial charge on any atom is -0.391 e. The average Bonchev–Trinajstić information content (AvgIpc) is 2.12. The summed E-state index contributed by atoms with van der Waals surface area (Å²) in [5.41, 5.74) is 9.30. The van der Waals surface area contributed by atoms with Gasteiger partial charge in [-0.3, -0.25) is 0 Å². The van der Waals surface area contributed by atoms with Crippen LogP contribution in [0.5, 0.6) is 0 Å². The van der Waals surface area contributed by atoms with Crippen molar-refractivity contribution in [1.29, 1.82) is 0 Å². The zero-order chi connectivity index (χ0) is 12.5. The molecule has 0 saturated carbocycles. The van der Waals surface area contributed by atoms with Gasteiger partial charge in [0.05, 0.1) is 12.1 Å². The molecule has 0 aromatic heterocycles. The summed E-state index contributed by atoms with van der Waals surface area (Å²) in [4.78, 5) is 0. The lowest BCUT2D eigenvalue weighted by Crippen LogP contribution is -2.37. The lowest BCUT2D eigenvalue weighted by molar-refractivity contribution is 0.0401. The zero-order valence-electron chi connectivity index (χ0n) is 10.9. The molecule has 1 aromatic rings. The third-order valence-corrected chi connectivity index (χ3v) is 2.86. The van der Waals surface area contributed by atoms with Crippen molar-refractivity contribution in [2.75, 3.05) is 0 Å². The van der Waals surface area contributed by atoms with E-state index < -0.39 is 6.10 Å². The summed E-state index contributed by atoms with van der Waals surface area (Å²) in [7, 11) is 0. The molecular weight excluding hydrogens is 198 g/mol. The smallest absolute Gasteiger partial charge is 0.0780 e. The average molecular weight is 221 g/mol. The molecule has 1 rings (SSSR count). The first-order valence-corrected chi connectivity index (χ1v) is 5.73. The minimum atomic E-state index is -0.534. The maximum absolute atomic E-state index is 10.2. The summed E-state index contributed by atoms with van der Waals surface area (Å²) < 4.78 is 0. The molecule has 2 nitrogen and oxygen atoms in total. The lowest BCUT2D eigenvalue weighted by atomic mass is 9.82. The second-order valence-corrected chi connectivity index (χ2v) is 5.76. The molecule has 0 unspecified atom stereocenters. The van der Waals surface area contributed by atoms with Crippen LogP contribution in [0.2, 0.25) is 0 Å². The van der Waals surface area contributed by atoms with Crippen molar-refractivity contribution < 1.29 is 5.11 Å². The molecule has 0 heterocycles. The minimum absolute atomic E-state index is 0.197. The summed E-state index contributed by atoms with van der Waals surface area (Å²) >= 11 is 0. The van der Waals surface area contributed by atoms with E-state index in [-0.39, 0.29) is 11.5 Å². The number of aliphatic hydroxyl groups excluding tert-OH is 1. The molecular formula is C14H23NO. The van der Waals surface area contributed by atoms with Gasteiger partial charge in [0.15, 0.2) is 0 Å². The van der Waals surface area contributed by atoms with Gasteiger partial charge in [0.1, 0.15) is 0 Å². The first kappa shape index (κ1) is 13.2. The van der Waals surface area contributed by atoms with E-state index in [0.717, 1.165) is 5.56 Å². The standard InChI is InChI=1S/C14H23NO/c1-9-6-10(2)8-11(7-9)12(15)13(16)14(3,4)5/h6-8,12-13,16H,15H2,1-5H3/t12-,13-/m0/s1. The van der Waals surface area contributed by atoms with Crippen LogP contribution < -0.4 is 5.73 Å². The van der Waals surface area contributed by atoms with Gasteiger partial charge >= 0.3 is 0 Å². The fourth-order valence-corrected chi connectivity index (χ4v) is 1.92. The maximum Gasteiger partial charge on any atom is 0.0780 e. The molecule has 0 radical (unpaired) electrons. The highest BCUT2D eigenvalue weighted by atomic mass is 16.3. The molecule has 90 valence electrons. The summed E-state index contributed by atoms with van der Waals surface area (Å²) in [6, 6.07) is 5.89. The van der Waals surface area contributed by atoms with Crippen molar-refractivity contribution in [2.45, 2.75) is 46.8 Å². The van der Waals surface area contributed by atoms with Crippen molar-refractivity contribution >= 4 is 0 Å². The van der Waals surface area contributed by atoms with Gasteiger partial charge in [0.25, 0.3) is 0 Å². The van der Waals surface area contributed by atoms with E-state index in [9.17, 15) is 5.11 Å². The molecule has 0 bridgehead atoms. The number of rotatable bonds is 2. The first-order chi connectivity index (χ1) is 7.21. The van der Waals surface area contributed by atoms with Crippen LogP contribution in [0, 0.1) is 19.3 Å². The molecule has 0 amide bonds. The van der Waals surface area contributed by atoms with Gasteiger partial charge in [-0.1, -0.05) is 50.1 Å². The van der Waals surface area contributed by atoms with E-state index in [0.29, 0.717) is 0 Å². The summed E-state index contributed by atoms with van der Waals surface area (Å²) in [6.07, 6.45) is -0.534. The number of benzene rings is 1. The van der Waals surface area contributed by atoms with Gasteiger partial charge in [-0.15, -0.1) is 0 Å². The molecule has 0 spiro atoms. The van der Waals surface area contributed by atoms with Gasteiger partial charge in [-0.2, -0.15) is 0 Å². The predicted molar refractivity (Wildman–Crippen MR) is 68.3 cm³/mol. The molecule has 0 aliphatic carbocycles. The van der Waals surface area contributed by atoms with Crippen molar-refractivity contribution in [2.24, 2.45) is 11.1 Å². The van der Waals surface area contributed by atoms with Crippen LogP contribution in [0.25, 0.3) is 0 Å². The molecule has 16 heavy (non-hydrogen) atoms. The van der Waals surface area contributed by atoms with E-state index in [4.69, 9.17) is 5.73 Å². The van der Waals surface area contributed by atoms with Crippen LogP contribution >= 0.6 is 0 Å². The van der Waals surface area contributed by atoms with Gasteiger partial charge < -0.3 is 10.8 Å². The highest BCUT2D eigenvalue weighted by Crippen LogP contribution is 2.29. The number of aliphatic hydroxyl groups is 1. The van der Waals surface area contributed by atoms with Crippen LogP contribution in [0.1, 0.15) is 43.5 Å². The Hall–Kier alpha value is -0.860. The van der Waals surface area contributed by atoms with Gasteiger partial charge in [0.2, 0.25) is 0 Å². The van der Waals surface area contributed by atoms with Gasteiger partial charge in [-0.25, -0.2) is 0 Å². The normalized spacial score (nSPS) is 15.9. The van der Waals surface area contributed by atoms with Crippen molar-refractivity contribution in [3.63, 3.8) is 0 Å². The van der Waals surface area contributed by atoms with E-state index in [1.165, 1.54) is 11.1 Å². The van der Waals surface area contributed by atoms with Crippen LogP contribution in [-0.4, -0.2) is 11.2 Å². The molecule has 2 heteroatoms. The Kier molecular flexibility index (Phi) is 3.76. The highest BCUT2D eigenvalue weighted by Gasteiger charge is 2.29. The van der Waals surface area contributed by atoms with Crippen LogP contribution in [0.3, 0.4) is 0 Å². The Morgan fingerprint density at radius 1 is 1.06 bits per heavy atom. The second kappa shape index (κ2) is 4.56. The third kappa shape index (κ3) is 3.06. The number of hydrogen-bond acceptors (Lipinski definition) is 2. The topological polar surface area (TPSA) is 46.2 Å². The van der Waals surface area contributed by atoms with Gasteiger partial charge in [-0.05, 0) is 24.8 Å². The Bertz CT molecular complexity index is 345. The monoisotopic (exact) mass is 221 g/mol. The zero-order valence-corrected chi connectivity index (χ0v) is 10.9. The van der Waals surface area contributed by atoms with Crippen molar-refractivity contribution in [1.82, 2.24) is 0 Å². The molecule has 0 fully saturated rings. The van der Waals surface area contributed by atoms with E-state index >= 15 is 0 Å². The lowest BCUT2D eigenvalue weighted by Gasteiger charge is -2.31. The Balaban J connectivity index is 3.00. The molecule has 0 aliphatic rings. The highest BCUT2D eigenvalue weighted by molar-refractivity contribution is 5.31. The summed E-state index contributed by atoms with van der Waals surface area (Å²) in [6.45, 7) is 10.1. The van der Waals surface area contributed by atoms with Crippen molar-refractivity contribution in [3.05, 3.63) is 34.9 Å². The Labute approximate surface area is 98.5 Å². The molecule has 1 aromatic carbocycles. The number of aryl methyl sites for hydroxylation is 2. The number of nitrogens with two attached hydrogens (primary N) is 1. The summed E-state index contributed by atoms with van der Waals surface area (Å²) in [5, 5.41) is 10.2. The molecule has 3 N–H and O–H groups in total. The predicted octanol–water partition coefficient (Wildman–Crippen LogP) is 2.71. The fraction of sp³-hybridized carbons (Fsp3) is 0.571. The summed E-state index contributed by atoms with van der Waals surface area (Å²) in [5.74, 6) is 0. The SMILES string of the molecule is Cc1cc(C)cc([C@H](N)[C@H](O)C(C)(C)C)c1. The molecule has 0 saturated heterocycles. The van der Waals surface area contributed by atoms with E-state index in [1.807, 2.05) is 46.8 Å². The fourth-order valence-electron chi connectivity index (χ4n) is 1.92. The third-order valence-electron chi connectivity index (χ3n) is 2.86. The first-order valence-electron chi connectivity index (χ1n) is 5.73. The van der Waals surface area contributed by atoms with Gasteiger partial charge in [0, 0.05) is 0 Å². The molecule has 0 aliphatic heterocycles. The molecule has 2 atom stereocenters. The largest absolute Gasteiger partial charge is 0.391 e. The van der Waals surface area contributed by atoms with Crippen LogP contribution in [0.15, 0.2) is 18.2 Å². The van der Waals surface area contributed by atoms with E-state index in [1.54, 1.807) is 0 Å². The Morgan fingerprint density at radius 2 is 1.50 bits per heavy atom.